The van der Waals surface area contributed by atoms with E-state index in [4.69, 9.17) is 0 Å². The summed E-state index contributed by atoms with van der Waals surface area (Å²) in [6.45, 7) is 3.73. The lowest BCUT2D eigenvalue weighted by atomic mass is 9.73. The predicted octanol–water partition coefficient (Wildman–Crippen LogP) is 5.19. The lowest BCUT2D eigenvalue weighted by Gasteiger charge is -2.41. The van der Waals surface area contributed by atoms with Gasteiger partial charge in [-0.15, -0.1) is 0 Å². The minimum atomic E-state index is -4.39. The summed E-state index contributed by atoms with van der Waals surface area (Å²) >= 11 is 0. The SMILES string of the molecule is CC(C)C(N[C@@H]1C[C@@H]2[C@H](C1)c1cc(C(F)(F)F)ccc1N[C@H]2C1C=CC=CC1)C(=O)O. The number of carboxylic acids is 1. The fourth-order valence-corrected chi connectivity index (χ4v) is 5.52. The number of nitrogens with one attached hydrogen (secondary N) is 2. The van der Waals surface area contributed by atoms with Crippen LogP contribution in [-0.4, -0.2) is 29.2 Å². The summed E-state index contributed by atoms with van der Waals surface area (Å²) in [5.41, 5.74) is 0.835. The smallest absolute Gasteiger partial charge is 0.416 e. The van der Waals surface area contributed by atoms with Crippen molar-refractivity contribution in [2.45, 2.75) is 63.3 Å². The maximum atomic E-state index is 13.4. The summed E-state index contributed by atoms with van der Waals surface area (Å²) in [5, 5.41) is 16.4. The minimum absolute atomic E-state index is 0.0398. The molecule has 168 valence electrons. The van der Waals surface area contributed by atoms with Crippen molar-refractivity contribution in [2.75, 3.05) is 5.32 Å². The second kappa shape index (κ2) is 8.34. The van der Waals surface area contributed by atoms with Gasteiger partial charge in [-0.3, -0.25) is 4.79 Å². The van der Waals surface area contributed by atoms with Crippen LogP contribution in [0.1, 0.15) is 50.2 Å². The third-order valence-electron chi connectivity index (χ3n) is 7.00. The molecule has 4 nitrogen and oxygen atoms in total. The molecule has 0 saturated heterocycles. The molecule has 2 unspecified atom stereocenters. The second-order valence-electron chi connectivity index (χ2n) is 9.35. The zero-order chi connectivity index (χ0) is 22.3. The molecule has 3 N–H and O–H groups in total. The molecule has 0 radical (unpaired) electrons. The van der Waals surface area contributed by atoms with E-state index in [1.807, 2.05) is 26.0 Å². The molecule has 1 fully saturated rings. The summed E-state index contributed by atoms with van der Waals surface area (Å²) in [4.78, 5) is 11.7. The lowest BCUT2D eigenvalue weighted by Crippen LogP contribution is -2.46. The van der Waals surface area contributed by atoms with Gasteiger partial charge in [-0.05, 0) is 60.8 Å². The molecule has 0 bridgehead atoms. The van der Waals surface area contributed by atoms with Crippen molar-refractivity contribution in [1.82, 2.24) is 5.32 Å². The summed E-state index contributed by atoms with van der Waals surface area (Å²) in [5.74, 6) is -0.616. The van der Waals surface area contributed by atoms with Crippen LogP contribution < -0.4 is 10.6 Å². The van der Waals surface area contributed by atoms with Crippen LogP contribution in [0.4, 0.5) is 18.9 Å². The standard InChI is InChI=1S/C24H29F3N2O2/c1-13(2)21(23(30)31)28-16-11-17-18-10-15(24(25,26)27)8-9-20(18)29-22(19(17)12-16)14-6-4-3-5-7-14/h3-6,8-10,13-14,16-17,19,21-22,28-29H,7,11-12H2,1-2H3,(H,30,31)/t14?,16-,17+,19+,21?,22-/m0/s1. The Morgan fingerprint density at radius 1 is 1.23 bits per heavy atom. The monoisotopic (exact) mass is 434 g/mol. The molecule has 6 atom stereocenters. The lowest BCUT2D eigenvalue weighted by molar-refractivity contribution is -0.141. The Labute approximate surface area is 180 Å². The maximum Gasteiger partial charge on any atom is 0.416 e. The van der Waals surface area contributed by atoms with Crippen molar-refractivity contribution in [3.8, 4) is 0 Å². The molecule has 0 amide bonds. The third-order valence-corrected chi connectivity index (χ3v) is 7.00. The zero-order valence-corrected chi connectivity index (χ0v) is 17.7. The number of benzene rings is 1. The van der Waals surface area contributed by atoms with Gasteiger partial charge in [-0.1, -0.05) is 38.2 Å². The summed E-state index contributed by atoms with van der Waals surface area (Å²) in [6.07, 6.45) is 6.20. The Hall–Kier alpha value is -2.28. The summed E-state index contributed by atoms with van der Waals surface area (Å²) in [6, 6.07) is 3.36. The highest BCUT2D eigenvalue weighted by atomic mass is 19.4. The quantitative estimate of drug-likeness (QED) is 0.597. The molecule has 31 heavy (non-hydrogen) atoms. The average molecular weight is 435 g/mol. The number of halogens is 3. The number of hydrogen-bond acceptors (Lipinski definition) is 3. The number of aliphatic carboxylic acids is 1. The summed E-state index contributed by atoms with van der Waals surface area (Å²) < 4.78 is 40.1. The Kier molecular flexibility index (Phi) is 5.90. The van der Waals surface area contributed by atoms with Gasteiger partial charge in [0.1, 0.15) is 6.04 Å². The van der Waals surface area contributed by atoms with Gasteiger partial charge in [-0.25, -0.2) is 0 Å². The van der Waals surface area contributed by atoms with Crippen LogP contribution in [0.3, 0.4) is 0 Å². The molecule has 0 aromatic heterocycles. The number of carbonyl (C=O) groups is 1. The van der Waals surface area contributed by atoms with Crippen molar-refractivity contribution in [2.24, 2.45) is 17.8 Å². The predicted molar refractivity (Wildman–Crippen MR) is 114 cm³/mol. The van der Waals surface area contributed by atoms with E-state index in [9.17, 15) is 23.1 Å². The van der Waals surface area contributed by atoms with E-state index in [2.05, 4.69) is 22.8 Å². The first kappa shape index (κ1) is 21.9. The van der Waals surface area contributed by atoms with Crippen LogP contribution in [0.2, 0.25) is 0 Å². The van der Waals surface area contributed by atoms with Crippen LogP contribution in [-0.2, 0) is 11.0 Å². The number of hydrogen-bond donors (Lipinski definition) is 3. The number of fused-ring (bicyclic) bond motifs is 3. The van der Waals surface area contributed by atoms with Gasteiger partial charge < -0.3 is 15.7 Å². The van der Waals surface area contributed by atoms with Crippen LogP contribution >= 0.6 is 0 Å². The van der Waals surface area contributed by atoms with Gasteiger partial charge in [0.2, 0.25) is 0 Å². The van der Waals surface area contributed by atoms with E-state index in [0.29, 0.717) is 12.0 Å². The molecule has 3 aliphatic rings. The highest BCUT2D eigenvalue weighted by Crippen LogP contribution is 2.51. The van der Waals surface area contributed by atoms with E-state index < -0.39 is 23.8 Å². The van der Waals surface area contributed by atoms with Gasteiger partial charge in [0.05, 0.1) is 5.56 Å². The molecule has 1 aliphatic heterocycles. The Bertz CT molecular complexity index is 893. The molecule has 1 aromatic carbocycles. The average Bonchev–Trinajstić information content (AvgIpc) is 3.14. The fourth-order valence-electron chi connectivity index (χ4n) is 5.52. The third kappa shape index (κ3) is 4.38. The highest BCUT2D eigenvalue weighted by molar-refractivity contribution is 5.73. The fraction of sp³-hybridized carbons (Fsp3) is 0.542. The molecule has 4 rings (SSSR count). The van der Waals surface area contributed by atoms with Crippen LogP contribution in [0, 0.1) is 17.8 Å². The Morgan fingerprint density at radius 2 is 2.00 bits per heavy atom. The van der Waals surface area contributed by atoms with E-state index in [-0.39, 0.29) is 35.8 Å². The van der Waals surface area contributed by atoms with Crippen LogP contribution in [0.15, 0.2) is 42.5 Å². The molecular weight excluding hydrogens is 405 g/mol. The first-order valence-corrected chi connectivity index (χ1v) is 10.9. The number of carboxylic acid groups (broad SMARTS) is 1. The van der Waals surface area contributed by atoms with Crippen molar-refractivity contribution < 1.29 is 23.1 Å². The topological polar surface area (TPSA) is 61.4 Å². The first-order chi connectivity index (χ1) is 14.6. The van der Waals surface area contributed by atoms with Crippen LogP contribution in [0.25, 0.3) is 0 Å². The molecule has 1 aromatic rings. The number of rotatable bonds is 5. The van der Waals surface area contributed by atoms with Crippen molar-refractivity contribution >= 4 is 11.7 Å². The van der Waals surface area contributed by atoms with Crippen molar-refractivity contribution in [3.05, 3.63) is 53.6 Å². The normalized spacial score (nSPS) is 30.6. The summed E-state index contributed by atoms with van der Waals surface area (Å²) in [7, 11) is 0. The zero-order valence-electron chi connectivity index (χ0n) is 17.7. The van der Waals surface area contributed by atoms with E-state index in [1.54, 1.807) is 6.07 Å². The van der Waals surface area contributed by atoms with E-state index in [1.165, 1.54) is 6.07 Å². The largest absolute Gasteiger partial charge is 0.480 e. The van der Waals surface area contributed by atoms with Gasteiger partial charge in [0.25, 0.3) is 0 Å². The van der Waals surface area contributed by atoms with Gasteiger partial charge in [0, 0.05) is 23.7 Å². The molecular formula is C24H29F3N2O2. The van der Waals surface area contributed by atoms with Gasteiger partial charge in [-0.2, -0.15) is 13.2 Å². The maximum absolute atomic E-state index is 13.4. The number of allylic oxidation sites excluding steroid dienone is 3. The van der Waals surface area contributed by atoms with Gasteiger partial charge in [0.15, 0.2) is 0 Å². The molecule has 1 heterocycles. The molecule has 0 spiro atoms. The Balaban J connectivity index is 1.66. The number of anilines is 1. The van der Waals surface area contributed by atoms with E-state index >= 15 is 0 Å². The van der Waals surface area contributed by atoms with E-state index in [0.717, 1.165) is 24.6 Å². The Morgan fingerprint density at radius 3 is 2.61 bits per heavy atom. The highest BCUT2D eigenvalue weighted by Gasteiger charge is 2.47. The second-order valence-corrected chi connectivity index (χ2v) is 9.35. The first-order valence-electron chi connectivity index (χ1n) is 10.9. The minimum Gasteiger partial charge on any atom is -0.480 e. The number of alkyl halides is 3. The van der Waals surface area contributed by atoms with Gasteiger partial charge >= 0.3 is 12.1 Å². The molecule has 2 aliphatic carbocycles. The molecule has 7 heteroatoms. The molecule has 1 saturated carbocycles. The van der Waals surface area contributed by atoms with Crippen molar-refractivity contribution in [1.29, 1.82) is 0 Å². The van der Waals surface area contributed by atoms with Crippen LogP contribution in [0.5, 0.6) is 0 Å². The van der Waals surface area contributed by atoms with Crippen molar-refractivity contribution in [3.63, 3.8) is 0 Å².